The van der Waals surface area contributed by atoms with Crippen LogP contribution in [0.25, 0.3) is 16.9 Å². The van der Waals surface area contributed by atoms with Gasteiger partial charge in [0, 0.05) is 30.4 Å². The topological polar surface area (TPSA) is 30.2 Å². The molecule has 0 saturated heterocycles. The fourth-order valence-electron chi connectivity index (χ4n) is 1.81. The van der Waals surface area contributed by atoms with E-state index in [0.29, 0.717) is 0 Å². The van der Waals surface area contributed by atoms with E-state index in [1.807, 2.05) is 41.2 Å². The smallest absolute Gasteiger partial charge is 0.140 e. The van der Waals surface area contributed by atoms with Crippen molar-refractivity contribution in [2.24, 2.45) is 0 Å². The molecule has 0 amide bonds. The molecule has 0 radical (unpaired) electrons. The van der Waals surface area contributed by atoms with Gasteiger partial charge in [0.25, 0.3) is 0 Å². The van der Waals surface area contributed by atoms with E-state index < -0.39 is 0 Å². The molecule has 3 nitrogen and oxygen atoms in total. The van der Waals surface area contributed by atoms with Crippen molar-refractivity contribution >= 4 is 5.65 Å². The third-order valence-electron chi connectivity index (χ3n) is 2.64. The summed E-state index contributed by atoms with van der Waals surface area (Å²) >= 11 is 0. The summed E-state index contributed by atoms with van der Waals surface area (Å²) < 4.78 is 2.04. The van der Waals surface area contributed by atoms with Crippen molar-refractivity contribution in [3.63, 3.8) is 0 Å². The Kier molecular flexibility index (Phi) is 1.96. The summed E-state index contributed by atoms with van der Waals surface area (Å²) in [6, 6.07) is 8.03. The largest absolute Gasteiger partial charge is 0.306 e. The van der Waals surface area contributed by atoms with E-state index in [-0.39, 0.29) is 0 Å². The van der Waals surface area contributed by atoms with Crippen LogP contribution in [0, 0.1) is 6.92 Å². The number of nitrogens with zero attached hydrogens (tertiary/aromatic N) is 3. The molecule has 3 heteroatoms. The number of rotatable bonds is 1. The monoisotopic (exact) mass is 209 g/mol. The first-order valence-electron chi connectivity index (χ1n) is 5.19. The van der Waals surface area contributed by atoms with Gasteiger partial charge in [-0.15, -0.1) is 0 Å². The Hall–Kier alpha value is -2.16. The second kappa shape index (κ2) is 3.45. The number of fused-ring (bicyclic) bond motifs is 1. The molecule has 0 aliphatic heterocycles. The molecule has 0 unspecified atom stereocenters. The minimum absolute atomic E-state index is 0.961. The van der Waals surface area contributed by atoms with Crippen LogP contribution in [-0.4, -0.2) is 14.4 Å². The maximum Gasteiger partial charge on any atom is 0.140 e. The van der Waals surface area contributed by atoms with Crippen molar-refractivity contribution in [2.45, 2.75) is 6.92 Å². The molecule has 0 N–H and O–H groups in total. The minimum atomic E-state index is 0.961. The van der Waals surface area contributed by atoms with Gasteiger partial charge in [-0.2, -0.15) is 0 Å². The van der Waals surface area contributed by atoms with Gasteiger partial charge in [-0.3, -0.25) is 4.98 Å². The Morgan fingerprint density at radius 3 is 2.88 bits per heavy atom. The van der Waals surface area contributed by atoms with Crippen LogP contribution < -0.4 is 0 Å². The summed E-state index contributed by atoms with van der Waals surface area (Å²) in [6.45, 7) is 2.06. The average molecular weight is 209 g/mol. The van der Waals surface area contributed by atoms with Crippen molar-refractivity contribution < 1.29 is 0 Å². The number of hydrogen-bond donors (Lipinski definition) is 0. The highest BCUT2D eigenvalue weighted by molar-refractivity contribution is 5.63. The first-order chi connectivity index (χ1) is 7.84. The lowest BCUT2D eigenvalue weighted by atomic mass is 10.2. The van der Waals surface area contributed by atoms with Crippen LogP contribution in [0.5, 0.6) is 0 Å². The van der Waals surface area contributed by atoms with Gasteiger partial charge in [0.15, 0.2) is 0 Å². The third kappa shape index (κ3) is 1.37. The van der Waals surface area contributed by atoms with Crippen LogP contribution in [0.15, 0.2) is 49.1 Å². The van der Waals surface area contributed by atoms with E-state index in [1.165, 1.54) is 5.56 Å². The number of hydrogen-bond acceptors (Lipinski definition) is 2. The maximum atomic E-state index is 4.61. The van der Waals surface area contributed by atoms with E-state index >= 15 is 0 Å². The lowest BCUT2D eigenvalue weighted by Gasteiger charge is -1.94. The fraction of sp³-hybridized carbons (Fsp3) is 0.0769. The van der Waals surface area contributed by atoms with E-state index in [1.54, 1.807) is 6.20 Å². The second-order valence-corrected chi connectivity index (χ2v) is 3.79. The van der Waals surface area contributed by atoms with Gasteiger partial charge in [0.05, 0.1) is 5.69 Å². The van der Waals surface area contributed by atoms with E-state index in [2.05, 4.69) is 23.0 Å². The zero-order chi connectivity index (χ0) is 11.0. The number of pyridine rings is 2. The van der Waals surface area contributed by atoms with Crippen LogP contribution in [0.2, 0.25) is 0 Å². The van der Waals surface area contributed by atoms with Gasteiger partial charge >= 0.3 is 0 Å². The molecule has 3 heterocycles. The van der Waals surface area contributed by atoms with Gasteiger partial charge in [0.1, 0.15) is 5.65 Å². The Morgan fingerprint density at radius 1 is 1.19 bits per heavy atom. The normalized spacial score (nSPS) is 10.8. The van der Waals surface area contributed by atoms with E-state index in [9.17, 15) is 0 Å². The highest BCUT2D eigenvalue weighted by Crippen LogP contribution is 2.19. The molecule has 3 rings (SSSR count). The molecule has 0 fully saturated rings. The Balaban J connectivity index is 2.23. The fourth-order valence-corrected chi connectivity index (χ4v) is 1.81. The molecule has 78 valence electrons. The number of aromatic nitrogens is 3. The molecule has 0 atom stereocenters. The highest BCUT2D eigenvalue weighted by Gasteiger charge is 2.05. The summed E-state index contributed by atoms with van der Waals surface area (Å²) in [5.74, 6) is 0. The zero-order valence-electron chi connectivity index (χ0n) is 8.96. The highest BCUT2D eigenvalue weighted by atomic mass is 15.0. The minimum Gasteiger partial charge on any atom is -0.306 e. The summed E-state index contributed by atoms with van der Waals surface area (Å²) in [4.78, 5) is 8.71. The van der Waals surface area contributed by atoms with E-state index in [4.69, 9.17) is 0 Å². The predicted octanol–water partition coefficient (Wildman–Crippen LogP) is 2.70. The first kappa shape index (κ1) is 9.09. The first-order valence-corrected chi connectivity index (χ1v) is 5.19. The molecule has 0 saturated carbocycles. The summed E-state index contributed by atoms with van der Waals surface area (Å²) in [5, 5.41) is 0. The molecule has 3 aromatic heterocycles. The van der Waals surface area contributed by atoms with Gasteiger partial charge in [-0.25, -0.2) is 4.98 Å². The second-order valence-electron chi connectivity index (χ2n) is 3.79. The van der Waals surface area contributed by atoms with Crippen LogP contribution in [0.4, 0.5) is 0 Å². The summed E-state index contributed by atoms with van der Waals surface area (Å²) in [7, 11) is 0. The quantitative estimate of drug-likeness (QED) is 0.616. The zero-order valence-corrected chi connectivity index (χ0v) is 8.96. The number of aryl methyl sites for hydroxylation is 1. The molecule has 0 bridgehead atoms. The van der Waals surface area contributed by atoms with Crippen LogP contribution in [0.3, 0.4) is 0 Å². The van der Waals surface area contributed by atoms with Crippen LogP contribution in [0.1, 0.15) is 5.56 Å². The molecular weight excluding hydrogens is 198 g/mol. The molecule has 0 aliphatic carbocycles. The summed E-state index contributed by atoms with van der Waals surface area (Å²) in [5.41, 5.74) is 4.19. The molecule has 0 spiro atoms. The molecular formula is C13H11N3. The van der Waals surface area contributed by atoms with Crippen LogP contribution in [-0.2, 0) is 0 Å². The summed E-state index contributed by atoms with van der Waals surface area (Å²) in [6.07, 6.45) is 7.64. The van der Waals surface area contributed by atoms with Crippen LogP contribution >= 0.6 is 0 Å². The van der Waals surface area contributed by atoms with Gasteiger partial charge in [-0.05, 0) is 30.7 Å². The van der Waals surface area contributed by atoms with Crippen molar-refractivity contribution in [3.8, 4) is 11.3 Å². The Labute approximate surface area is 93.4 Å². The third-order valence-corrected chi connectivity index (χ3v) is 2.64. The maximum absolute atomic E-state index is 4.61. The lowest BCUT2D eigenvalue weighted by Crippen LogP contribution is -1.83. The SMILES string of the molecule is Cc1cccn2cc(-c3cccnc3)nc12. The lowest BCUT2D eigenvalue weighted by molar-refractivity contribution is 1.16. The van der Waals surface area contributed by atoms with Crippen molar-refractivity contribution in [2.75, 3.05) is 0 Å². The standard InChI is InChI=1S/C13H11N3/c1-10-4-3-7-16-9-12(15-13(10)16)11-5-2-6-14-8-11/h2-9H,1H3. The molecule has 0 aliphatic rings. The van der Waals surface area contributed by atoms with Crippen molar-refractivity contribution in [3.05, 3.63) is 54.6 Å². The average Bonchev–Trinajstić information content (AvgIpc) is 2.76. The van der Waals surface area contributed by atoms with Crippen molar-refractivity contribution in [1.82, 2.24) is 14.4 Å². The van der Waals surface area contributed by atoms with Gasteiger partial charge < -0.3 is 4.40 Å². The van der Waals surface area contributed by atoms with Gasteiger partial charge in [-0.1, -0.05) is 6.07 Å². The molecule has 0 aromatic carbocycles. The van der Waals surface area contributed by atoms with Gasteiger partial charge in [0.2, 0.25) is 0 Å². The van der Waals surface area contributed by atoms with Crippen molar-refractivity contribution in [1.29, 1.82) is 0 Å². The molecule has 16 heavy (non-hydrogen) atoms. The predicted molar refractivity (Wildman–Crippen MR) is 63.2 cm³/mol. The Morgan fingerprint density at radius 2 is 2.12 bits per heavy atom. The van der Waals surface area contributed by atoms with E-state index in [0.717, 1.165) is 16.9 Å². The number of imidazole rings is 1. The molecule has 3 aromatic rings. The Bertz CT molecular complexity index is 626.